The van der Waals surface area contributed by atoms with Crippen molar-refractivity contribution in [1.29, 1.82) is 0 Å². The Morgan fingerprint density at radius 1 is 0.787 bits per heavy atom. The molecule has 0 saturated carbocycles. The zero-order valence-corrected chi connectivity index (χ0v) is 27.9. The van der Waals surface area contributed by atoms with Gasteiger partial charge in [0.1, 0.15) is 18.3 Å². The van der Waals surface area contributed by atoms with E-state index in [0.717, 1.165) is 25.7 Å². The van der Waals surface area contributed by atoms with Gasteiger partial charge in [-0.05, 0) is 44.2 Å². The lowest BCUT2D eigenvalue weighted by atomic mass is 9.99. The minimum Gasteiger partial charge on any atom is -0.481 e. The molecule has 266 valence electrons. The number of aliphatic carboxylic acids is 2. The molecule has 47 heavy (non-hydrogen) atoms. The second-order valence-corrected chi connectivity index (χ2v) is 12.2. The Hall–Kier alpha value is -2.83. The highest BCUT2D eigenvalue weighted by Gasteiger charge is 2.47. The molecule has 1 fully saturated rings. The molecule has 0 bridgehead atoms. The Bertz CT molecular complexity index is 1020. The number of esters is 1. The first-order chi connectivity index (χ1) is 22.8. The lowest BCUT2D eigenvalue weighted by molar-refractivity contribution is -0.302. The van der Waals surface area contributed by atoms with Gasteiger partial charge in [-0.25, -0.2) is 4.79 Å². The monoisotopic (exact) mass is 664 g/mol. The lowest BCUT2D eigenvalue weighted by Crippen LogP contribution is -2.60. The van der Waals surface area contributed by atoms with Crippen LogP contribution < -0.4 is 0 Å². The maximum absolute atomic E-state index is 12.8. The van der Waals surface area contributed by atoms with Crippen LogP contribution in [0.25, 0.3) is 0 Å². The number of rotatable bonds is 26. The van der Waals surface area contributed by atoms with Gasteiger partial charge in [0.15, 0.2) is 18.3 Å². The van der Waals surface area contributed by atoms with Gasteiger partial charge in [-0.1, -0.05) is 101 Å². The van der Waals surface area contributed by atoms with Crippen molar-refractivity contribution in [3.8, 4) is 0 Å². The van der Waals surface area contributed by atoms with E-state index in [1.807, 2.05) is 0 Å². The number of allylic oxidation sites excluding steroid dienone is 2. The van der Waals surface area contributed by atoms with E-state index in [1.165, 1.54) is 64.2 Å². The predicted molar refractivity (Wildman–Crippen MR) is 176 cm³/mol. The minimum absolute atomic E-state index is 0.221. The fourth-order valence-corrected chi connectivity index (χ4v) is 5.38. The van der Waals surface area contributed by atoms with Crippen molar-refractivity contribution < 1.29 is 53.8 Å². The molecule has 2 rings (SSSR count). The standard InChI is InChI=1S/C36H56O11/c1-2-3-4-5-6-7-8-9-10-11-12-13-14-15-16-20-24-45-36-32(47-35(43)27-21-18-17-19-22-27)31(38)30(37)29(46-36)26-44-25-23-28(33(39)40)34(41)42/h4-5,17-19,21-22,28-32,36-38H,2-3,6-16,20,23-26H2,1H3,(H,39,40)(H,41,42)/t29-,30+,31+,32-,36+/m1/s1. The molecule has 0 radical (unpaired) electrons. The molecule has 4 N–H and O–H groups in total. The van der Waals surface area contributed by atoms with Crippen molar-refractivity contribution in [2.75, 3.05) is 19.8 Å². The fourth-order valence-electron chi connectivity index (χ4n) is 5.38. The van der Waals surface area contributed by atoms with Crippen LogP contribution in [0.1, 0.15) is 114 Å². The van der Waals surface area contributed by atoms with E-state index in [0.29, 0.717) is 0 Å². The van der Waals surface area contributed by atoms with Gasteiger partial charge in [-0.3, -0.25) is 9.59 Å². The van der Waals surface area contributed by atoms with Crippen molar-refractivity contribution in [2.24, 2.45) is 5.92 Å². The summed E-state index contributed by atoms with van der Waals surface area (Å²) in [4.78, 5) is 35.0. The van der Waals surface area contributed by atoms with E-state index in [4.69, 9.17) is 29.2 Å². The Morgan fingerprint density at radius 2 is 1.36 bits per heavy atom. The average molecular weight is 665 g/mol. The topological polar surface area (TPSA) is 169 Å². The Morgan fingerprint density at radius 3 is 1.96 bits per heavy atom. The van der Waals surface area contributed by atoms with Gasteiger partial charge in [0.2, 0.25) is 0 Å². The molecule has 1 aromatic carbocycles. The molecule has 11 heteroatoms. The molecule has 1 heterocycles. The second-order valence-electron chi connectivity index (χ2n) is 12.2. The molecule has 11 nitrogen and oxygen atoms in total. The summed E-state index contributed by atoms with van der Waals surface area (Å²) in [5, 5.41) is 39.7. The van der Waals surface area contributed by atoms with Crippen LogP contribution in [0, 0.1) is 5.92 Å². The fraction of sp³-hybridized carbons (Fsp3) is 0.694. The van der Waals surface area contributed by atoms with Crippen LogP contribution in [0.4, 0.5) is 0 Å². The Labute approximate surface area is 279 Å². The number of aliphatic hydroxyl groups is 2. The van der Waals surface area contributed by atoms with Gasteiger partial charge < -0.3 is 39.4 Å². The van der Waals surface area contributed by atoms with Crippen LogP contribution in [0.15, 0.2) is 42.5 Å². The quantitative estimate of drug-likeness (QED) is 0.0402. The summed E-state index contributed by atoms with van der Waals surface area (Å²) in [6.07, 6.45) is 14.0. The van der Waals surface area contributed by atoms with Crippen molar-refractivity contribution in [1.82, 2.24) is 0 Å². The number of hydrogen-bond donors (Lipinski definition) is 4. The highest BCUT2D eigenvalue weighted by atomic mass is 16.7. The van der Waals surface area contributed by atoms with Gasteiger partial charge >= 0.3 is 17.9 Å². The average Bonchev–Trinajstić information content (AvgIpc) is 3.06. The second kappa shape index (κ2) is 24.3. The number of carbonyl (C=O) groups is 3. The Balaban J connectivity index is 1.75. The third kappa shape index (κ3) is 16.2. The van der Waals surface area contributed by atoms with Crippen LogP contribution in [-0.4, -0.2) is 88.9 Å². The number of benzene rings is 1. The molecule has 0 aromatic heterocycles. The third-order valence-corrected chi connectivity index (χ3v) is 8.25. The zero-order chi connectivity index (χ0) is 34.3. The summed E-state index contributed by atoms with van der Waals surface area (Å²) in [5.74, 6) is -5.29. The van der Waals surface area contributed by atoms with E-state index < -0.39 is 54.5 Å². The smallest absolute Gasteiger partial charge is 0.338 e. The molecule has 0 spiro atoms. The third-order valence-electron chi connectivity index (χ3n) is 8.25. The largest absolute Gasteiger partial charge is 0.481 e. The molecular formula is C36H56O11. The van der Waals surface area contributed by atoms with Crippen LogP contribution >= 0.6 is 0 Å². The highest BCUT2D eigenvalue weighted by Crippen LogP contribution is 2.26. The van der Waals surface area contributed by atoms with Crippen molar-refractivity contribution in [3.05, 3.63) is 48.0 Å². The van der Waals surface area contributed by atoms with Crippen molar-refractivity contribution >= 4 is 17.9 Å². The number of carboxylic acids is 2. The number of carbonyl (C=O) groups excluding carboxylic acids is 1. The molecule has 1 aliphatic rings. The first-order valence-electron chi connectivity index (χ1n) is 17.3. The minimum atomic E-state index is -1.63. The van der Waals surface area contributed by atoms with E-state index >= 15 is 0 Å². The lowest BCUT2D eigenvalue weighted by Gasteiger charge is -2.41. The van der Waals surface area contributed by atoms with E-state index in [2.05, 4.69) is 19.1 Å². The van der Waals surface area contributed by atoms with Crippen LogP contribution in [0.5, 0.6) is 0 Å². The number of carboxylic acid groups (broad SMARTS) is 2. The van der Waals surface area contributed by atoms with Crippen molar-refractivity contribution in [3.63, 3.8) is 0 Å². The molecule has 0 unspecified atom stereocenters. The normalized spacial score (nSPS) is 21.3. The first kappa shape index (κ1) is 40.3. The molecule has 1 aliphatic heterocycles. The number of ether oxygens (including phenoxy) is 4. The van der Waals surface area contributed by atoms with E-state index in [-0.39, 0.29) is 31.8 Å². The van der Waals surface area contributed by atoms with Gasteiger partial charge in [-0.15, -0.1) is 0 Å². The summed E-state index contributed by atoms with van der Waals surface area (Å²) in [7, 11) is 0. The summed E-state index contributed by atoms with van der Waals surface area (Å²) >= 11 is 0. The van der Waals surface area contributed by atoms with E-state index in [9.17, 15) is 24.6 Å². The first-order valence-corrected chi connectivity index (χ1v) is 17.3. The van der Waals surface area contributed by atoms with Crippen molar-refractivity contribution in [2.45, 2.75) is 134 Å². The molecule has 1 saturated heterocycles. The molecular weight excluding hydrogens is 608 g/mol. The van der Waals surface area contributed by atoms with Gasteiger partial charge in [0.05, 0.1) is 12.2 Å². The number of unbranched alkanes of at least 4 members (excludes halogenated alkanes) is 12. The molecule has 0 amide bonds. The highest BCUT2D eigenvalue weighted by molar-refractivity contribution is 5.92. The summed E-state index contributed by atoms with van der Waals surface area (Å²) in [6.45, 7) is 2.00. The van der Waals surface area contributed by atoms with Gasteiger partial charge in [0, 0.05) is 13.2 Å². The molecule has 5 atom stereocenters. The van der Waals surface area contributed by atoms with Crippen LogP contribution in [0.2, 0.25) is 0 Å². The number of hydrogen-bond acceptors (Lipinski definition) is 9. The summed E-state index contributed by atoms with van der Waals surface area (Å²) in [6, 6.07) is 8.24. The SMILES string of the molecule is CCCC=CCCCCCCCCCCCCCO[C@H]1O[C@H](COCCC(C(=O)O)C(=O)O)[C@H](O)[C@H](O)[C@H]1OC(=O)c1ccccc1. The number of aliphatic hydroxyl groups excluding tert-OH is 2. The van der Waals surface area contributed by atoms with Gasteiger partial charge in [0.25, 0.3) is 0 Å². The van der Waals surface area contributed by atoms with Gasteiger partial charge in [-0.2, -0.15) is 0 Å². The Kier molecular flexibility index (Phi) is 20.9. The maximum Gasteiger partial charge on any atom is 0.338 e. The summed E-state index contributed by atoms with van der Waals surface area (Å²) in [5.41, 5.74) is 0.264. The summed E-state index contributed by atoms with van der Waals surface area (Å²) < 4.78 is 22.7. The molecule has 0 aliphatic carbocycles. The predicted octanol–water partition coefficient (Wildman–Crippen LogP) is 5.90. The zero-order valence-electron chi connectivity index (χ0n) is 27.9. The van der Waals surface area contributed by atoms with E-state index in [1.54, 1.807) is 30.3 Å². The van der Waals surface area contributed by atoms with Crippen LogP contribution in [0.3, 0.4) is 0 Å². The van der Waals surface area contributed by atoms with Crippen LogP contribution in [-0.2, 0) is 28.5 Å². The molecule has 1 aromatic rings. The maximum atomic E-state index is 12.8.